The molecule has 1 rings (SSSR count). The maximum Gasteiger partial charge on any atom is 0.203 e. The van der Waals surface area contributed by atoms with Gasteiger partial charge in [0.2, 0.25) is 5.75 Å². The molecule has 0 amide bonds. The third kappa shape index (κ3) is 4.69. The van der Waals surface area contributed by atoms with Crippen LogP contribution in [0.15, 0.2) is 24.3 Å². The first kappa shape index (κ1) is 18.4. The minimum atomic E-state index is 0.424. The Bertz CT molecular complexity index is 466. The van der Waals surface area contributed by atoms with Gasteiger partial charge in [0.15, 0.2) is 11.5 Å². The molecule has 1 aromatic rings. The lowest BCUT2D eigenvalue weighted by Gasteiger charge is -2.22. The first-order valence-corrected chi connectivity index (χ1v) is 8.39. The molecule has 1 atom stereocenters. The Morgan fingerprint density at radius 1 is 0.909 bits per heavy atom. The van der Waals surface area contributed by atoms with Crippen molar-refractivity contribution >= 4 is 0 Å². The van der Waals surface area contributed by atoms with E-state index in [-0.39, 0.29) is 0 Å². The van der Waals surface area contributed by atoms with E-state index in [0.717, 1.165) is 30.1 Å². The molecule has 0 aliphatic carbocycles. The summed E-state index contributed by atoms with van der Waals surface area (Å²) in [6, 6.07) is 4.13. The minimum Gasteiger partial charge on any atom is -0.490 e. The van der Waals surface area contributed by atoms with E-state index in [2.05, 4.69) is 32.1 Å². The van der Waals surface area contributed by atoms with Crippen LogP contribution in [0.3, 0.4) is 0 Å². The van der Waals surface area contributed by atoms with Gasteiger partial charge in [0.25, 0.3) is 0 Å². The van der Waals surface area contributed by atoms with E-state index in [9.17, 15) is 0 Å². The number of rotatable bonds is 10. The number of ether oxygens (including phenoxy) is 3. The van der Waals surface area contributed by atoms with Gasteiger partial charge in [-0.25, -0.2) is 0 Å². The Labute approximate surface area is 135 Å². The van der Waals surface area contributed by atoms with Crippen LogP contribution in [0, 0.1) is 0 Å². The van der Waals surface area contributed by atoms with Gasteiger partial charge in [0.05, 0.1) is 19.8 Å². The maximum atomic E-state index is 5.94. The average Bonchev–Trinajstić information content (AvgIpc) is 2.53. The highest BCUT2D eigenvalue weighted by Gasteiger charge is 2.21. The van der Waals surface area contributed by atoms with Crippen molar-refractivity contribution in [2.75, 3.05) is 19.8 Å². The average molecular weight is 306 g/mol. The van der Waals surface area contributed by atoms with E-state index >= 15 is 0 Å². The maximum absolute atomic E-state index is 5.94. The van der Waals surface area contributed by atoms with Crippen LogP contribution in [-0.4, -0.2) is 19.8 Å². The molecule has 0 saturated heterocycles. The van der Waals surface area contributed by atoms with Crippen molar-refractivity contribution in [3.63, 3.8) is 0 Å². The third-order valence-corrected chi connectivity index (χ3v) is 3.57. The summed E-state index contributed by atoms with van der Waals surface area (Å²) in [4.78, 5) is 0. The molecular formula is C19H30O3. The fourth-order valence-corrected chi connectivity index (χ4v) is 2.54. The molecule has 0 aliphatic heterocycles. The second-order valence-corrected chi connectivity index (χ2v) is 5.02. The van der Waals surface area contributed by atoms with Gasteiger partial charge in [-0.1, -0.05) is 25.1 Å². The fraction of sp³-hybridized carbons (Fsp3) is 0.579. The summed E-state index contributed by atoms with van der Waals surface area (Å²) in [6.45, 7) is 12.0. The topological polar surface area (TPSA) is 27.7 Å². The van der Waals surface area contributed by atoms with Gasteiger partial charge in [0.1, 0.15) is 0 Å². The minimum absolute atomic E-state index is 0.424. The molecule has 0 aromatic heterocycles. The van der Waals surface area contributed by atoms with Gasteiger partial charge in [-0.05, 0) is 52.5 Å². The van der Waals surface area contributed by atoms with Crippen LogP contribution in [-0.2, 0) is 0 Å². The van der Waals surface area contributed by atoms with Gasteiger partial charge in [-0.3, -0.25) is 0 Å². The largest absolute Gasteiger partial charge is 0.490 e. The molecular weight excluding hydrogens is 276 g/mol. The number of allylic oxidation sites excluding steroid dienone is 2. The summed E-state index contributed by atoms with van der Waals surface area (Å²) in [5.41, 5.74) is 1.20. The molecule has 0 radical (unpaired) electrons. The van der Waals surface area contributed by atoms with Crippen molar-refractivity contribution in [1.82, 2.24) is 0 Å². The number of hydrogen-bond acceptors (Lipinski definition) is 3. The lowest BCUT2D eigenvalue weighted by molar-refractivity contribution is 0.258. The zero-order chi connectivity index (χ0) is 16.4. The van der Waals surface area contributed by atoms with Gasteiger partial charge >= 0.3 is 0 Å². The summed E-state index contributed by atoms with van der Waals surface area (Å²) in [6.07, 6.45) is 6.37. The molecule has 0 bridgehead atoms. The van der Waals surface area contributed by atoms with Crippen LogP contribution in [0.4, 0.5) is 0 Å². The highest BCUT2D eigenvalue weighted by molar-refractivity contribution is 5.57. The van der Waals surface area contributed by atoms with Crippen molar-refractivity contribution < 1.29 is 14.2 Å². The molecule has 0 spiro atoms. The molecule has 0 saturated carbocycles. The van der Waals surface area contributed by atoms with Crippen LogP contribution < -0.4 is 14.2 Å². The molecule has 3 nitrogen and oxygen atoms in total. The van der Waals surface area contributed by atoms with E-state index in [0.29, 0.717) is 25.7 Å². The van der Waals surface area contributed by atoms with E-state index < -0.39 is 0 Å². The highest BCUT2D eigenvalue weighted by Crippen LogP contribution is 2.44. The molecule has 3 heteroatoms. The van der Waals surface area contributed by atoms with Gasteiger partial charge < -0.3 is 14.2 Å². The Morgan fingerprint density at radius 2 is 1.55 bits per heavy atom. The molecule has 0 aliphatic rings. The molecule has 1 aromatic carbocycles. The predicted octanol–water partition coefficient (Wildman–Crippen LogP) is 5.34. The van der Waals surface area contributed by atoms with Crippen LogP contribution in [0.5, 0.6) is 17.2 Å². The van der Waals surface area contributed by atoms with Gasteiger partial charge in [-0.15, -0.1) is 0 Å². The Morgan fingerprint density at radius 3 is 2.09 bits per heavy atom. The standard InChI is InChI=1S/C19H30O3/c1-6-11-12-15(7-2)16-13-14-17(20-8-3)19(22-10-5)18(16)21-9-4/h6,11,13-15H,7-10,12H2,1-5H3/b11-6-. The Hall–Kier alpha value is -1.64. The zero-order valence-electron chi connectivity index (χ0n) is 14.6. The number of benzene rings is 1. The SMILES string of the molecule is C/C=C\CC(CC)c1ccc(OCC)c(OCC)c1OCC. The second kappa shape index (κ2) is 10.1. The van der Waals surface area contributed by atoms with E-state index in [1.54, 1.807) is 0 Å². The molecule has 0 fully saturated rings. The monoisotopic (exact) mass is 306 g/mol. The summed E-state index contributed by atoms with van der Waals surface area (Å²) < 4.78 is 17.5. The normalized spacial score (nSPS) is 12.4. The summed E-state index contributed by atoms with van der Waals surface area (Å²) in [7, 11) is 0. The summed E-state index contributed by atoms with van der Waals surface area (Å²) >= 11 is 0. The Kier molecular flexibility index (Phi) is 8.49. The van der Waals surface area contributed by atoms with Crippen molar-refractivity contribution in [1.29, 1.82) is 0 Å². The molecule has 22 heavy (non-hydrogen) atoms. The number of hydrogen-bond donors (Lipinski definition) is 0. The fourth-order valence-electron chi connectivity index (χ4n) is 2.54. The second-order valence-electron chi connectivity index (χ2n) is 5.02. The van der Waals surface area contributed by atoms with Gasteiger partial charge in [-0.2, -0.15) is 0 Å². The van der Waals surface area contributed by atoms with Crippen molar-refractivity contribution in [2.24, 2.45) is 0 Å². The van der Waals surface area contributed by atoms with Gasteiger partial charge in [0, 0.05) is 5.56 Å². The van der Waals surface area contributed by atoms with E-state index in [1.807, 2.05) is 26.8 Å². The zero-order valence-corrected chi connectivity index (χ0v) is 14.6. The smallest absolute Gasteiger partial charge is 0.203 e. The highest BCUT2D eigenvalue weighted by atomic mass is 16.5. The lowest BCUT2D eigenvalue weighted by atomic mass is 9.91. The Balaban J connectivity index is 3.32. The van der Waals surface area contributed by atoms with E-state index in [4.69, 9.17) is 14.2 Å². The van der Waals surface area contributed by atoms with Crippen molar-refractivity contribution in [2.45, 2.75) is 53.4 Å². The first-order valence-electron chi connectivity index (χ1n) is 8.39. The van der Waals surface area contributed by atoms with Crippen LogP contribution in [0.1, 0.15) is 58.9 Å². The first-order chi connectivity index (χ1) is 10.7. The van der Waals surface area contributed by atoms with Crippen LogP contribution >= 0.6 is 0 Å². The van der Waals surface area contributed by atoms with E-state index in [1.165, 1.54) is 5.56 Å². The summed E-state index contributed by atoms with van der Waals surface area (Å²) in [5.74, 6) is 2.76. The third-order valence-electron chi connectivity index (χ3n) is 3.57. The lowest BCUT2D eigenvalue weighted by Crippen LogP contribution is -2.07. The van der Waals surface area contributed by atoms with Crippen LogP contribution in [0.2, 0.25) is 0 Å². The predicted molar refractivity (Wildman–Crippen MR) is 92.4 cm³/mol. The molecule has 0 heterocycles. The molecule has 0 N–H and O–H groups in total. The van der Waals surface area contributed by atoms with Crippen molar-refractivity contribution in [3.05, 3.63) is 29.8 Å². The quantitative estimate of drug-likeness (QED) is 0.546. The molecule has 124 valence electrons. The van der Waals surface area contributed by atoms with Crippen LogP contribution in [0.25, 0.3) is 0 Å². The van der Waals surface area contributed by atoms with Crippen molar-refractivity contribution in [3.8, 4) is 17.2 Å². The molecule has 1 unspecified atom stereocenters. The summed E-state index contributed by atoms with van der Waals surface area (Å²) in [5, 5.41) is 0.